The Bertz CT molecular complexity index is 1150. The van der Waals surface area contributed by atoms with E-state index in [1.165, 1.54) is 0 Å². The van der Waals surface area contributed by atoms with Gasteiger partial charge in [0.15, 0.2) is 5.78 Å². The van der Waals surface area contributed by atoms with Gasteiger partial charge in [0, 0.05) is 27.6 Å². The van der Waals surface area contributed by atoms with Crippen LogP contribution in [-0.2, 0) is 5.41 Å². The number of ketones is 1. The minimum atomic E-state index is -0.451. The van der Waals surface area contributed by atoms with Gasteiger partial charge >= 0.3 is 0 Å². The van der Waals surface area contributed by atoms with Crippen LogP contribution in [0.15, 0.2) is 47.0 Å². The van der Waals surface area contributed by atoms with Crippen molar-refractivity contribution in [2.75, 3.05) is 13.2 Å². The molecule has 2 N–H and O–H groups in total. The molecule has 0 aliphatic heterocycles. The average molecular weight is 461 g/mol. The largest absolute Gasteiger partial charge is 0.488 e. The summed E-state index contributed by atoms with van der Waals surface area (Å²) in [6.07, 6.45) is 0. The second-order valence-corrected chi connectivity index (χ2v) is 8.78. The van der Waals surface area contributed by atoms with Crippen molar-refractivity contribution in [3.05, 3.63) is 74.4 Å². The van der Waals surface area contributed by atoms with E-state index >= 15 is 0 Å². The molecule has 1 aliphatic carbocycles. The van der Waals surface area contributed by atoms with Crippen molar-refractivity contribution in [1.29, 1.82) is 0 Å². The van der Waals surface area contributed by atoms with Gasteiger partial charge in [0.05, 0.1) is 21.7 Å². The number of H-pyrrole nitrogens is 1. The normalized spacial score (nSPS) is 14.7. The Balaban J connectivity index is 1.90. The zero-order valence-electron chi connectivity index (χ0n) is 15.5. The SMILES string of the molecule is C=C(CO)COc1cc2c(cc1Br)C(=O)c1c([nH]c3cccc(Cl)c13)C2(C)C. The zero-order valence-corrected chi connectivity index (χ0v) is 17.9. The maximum Gasteiger partial charge on any atom is 0.195 e. The summed E-state index contributed by atoms with van der Waals surface area (Å²) in [5.74, 6) is 0.544. The van der Waals surface area contributed by atoms with Gasteiger partial charge in [-0.15, -0.1) is 0 Å². The van der Waals surface area contributed by atoms with E-state index in [0.717, 1.165) is 22.2 Å². The summed E-state index contributed by atoms with van der Waals surface area (Å²) < 4.78 is 6.48. The quantitative estimate of drug-likeness (QED) is 0.514. The van der Waals surface area contributed by atoms with E-state index in [4.69, 9.17) is 21.4 Å². The smallest absolute Gasteiger partial charge is 0.195 e. The number of nitrogens with one attached hydrogen (secondary N) is 1. The Kier molecular flexibility index (Phi) is 4.65. The molecule has 0 fully saturated rings. The Labute approximate surface area is 176 Å². The number of carbonyl (C=O) groups excluding carboxylic acids is 1. The van der Waals surface area contributed by atoms with Gasteiger partial charge in [-0.05, 0) is 51.3 Å². The van der Waals surface area contributed by atoms with Crippen LogP contribution in [-0.4, -0.2) is 29.1 Å². The van der Waals surface area contributed by atoms with E-state index in [0.29, 0.717) is 31.9 Å². The third kappa shape index (κ3) is 2.81. The number of rotatable bonds is 4. The molecular formula is C22H19BrClNO3. The third-order valence-electron chi connectivity index (χ3n) is 5.27. The van der Waals surface area contributed by atoms with Gasteiger partial charge < -0.3 is 14.8 Å². The van der Waals surface area contributed by atoms with Crippen LogP contribution in [0.5, 0.6) is 5.75 Å². The Morgan fingerprint density at radius 1 is 1.36 bits per heavy atom. The highest BCUT2D eigenvalue weighted by atomic mass is 79.9. The van der Waals surface area contributed by atoms with Crippen molar-refractivity contribution < 1.29 is 14.6 Å². The first-order valence-electron chi connectivity index (χ1n) is 8.85. The van der Waals surface area contributed by atoms with E-state index in [1.54, 1.807) is 12.1 Å². The van der Waals surface area contributed by atoms with Crippen LogP contribution < -0.4 is 4.74 Å². The lowest BCUT2D eigenvalue weighted by Crippen LogP contribution is -2.30. The Hall–Kier alpha value is -2.08. The minimum Gasteiger partial charge on any atom is -0.488 e. The minimum absolute atomic E-state index is 0.0595. The maximum absolute atomic E-state index is 13.4. The van der Waals surface area contributed by atoms with Crippen LogP contribution in [0.3, 0.4) is 0 Å². The summed E-state index contributed by atoms with van der Waals surface area (Å²) in [5, 5.41) is 10.5. The molecule has 0 radical (unpaired) electrons. The highest BCUT2D eigenvalue weighted by Gasteiger charge is 2.40. The van der Waals surface area contributed by atoms with E-state index in [2.05, 4.69) is 41.3 Å². The topological polar surface area (TPSA) is 62.3 Å². The molecule has 28 heavy (non-hydrogen) atoms. The molecule has 0 unspecified atom stereocenters. The fourth-order valence-corrected chi connectivity index (χ4v) is 4.49. The first-order chi connectivity index (χ1) is 13.3. The Morgan fingerprint density at radius 3 is 2.82 bits per heavy atom. The first-order valence-corrected chi connectivity index (χ1v) is 10.0. The summed E-state index contributed by atoms with van der Waals surface area (Å²) in [4.78, 5) is 16.8. The van der Waals surface area contributed by atoms with E-state index < -0.39 is 5.41 Å². The zero-order chi connectivity index (χ0) is 20.2. The predicted octanol–water partition coefficient (Wildman–Crippen LogP) is 5.38. The van der Waals surface area contributed by atoms with Crippen molar-refractivity contribution >= 4 is 44.2 Å². The second-order valence-electron chi connectivity index (χ2n) is 7.52. The van der Waals surface area contributed by atoms with Gasteiger partial charge in [-0.3, -0.25) is 4.79 Å². The molecule has 1 heterocycles. The van der Waals surface area contributed by atoms with E-state index in [1.807, 2.05) is 18.2 Å². The number of aromatic nitrogens is 1. The molecule has 144 valence electrons. The van der Waals surface area contributed by atoms with Gasteiger partial charge in [0.2, 0.25) is 0 Å². The lowest BCUT2D eigenvalue weighted by molar-refractivity contribution is 0.103. The molecule has 4 nitrogen and oxygen atoms in total. The van der Waals surface area contributed by atoms with Gasteiger partial charge in [-0.1, -0.05) is 38.1 Å². The van der Waals surface area contributed by atoms with Crippen LogP contribution in [0.2, 0.25) is 5.02 Å². The summed E-state index contributed by atoms with van der Waals surface area (Å²) in [6, 6.07) is 9.29. The van der Waals surface area contributed by atoms with E-state index in [-0.39, 0.29) is 19.0 Å². The molecule has 6 heteroatoms. The van der Waals surface area contributed by atoms with Gasteiger partial charge in [-0.25, -0.2) is 0 Å². The number of ether oxygens (including phenoxy) is 1. The molecule has 0 amide bonds. The second kappa shape index (κ2) is 6.76. The van der Waals surface area contributed by atoms with Crippen molar-refractivity contribution in [3.63, 3.8) is 0 Å². The fraction of sp³-hybridized carbons (Fsp3) is 0.227. The predicted molar refractivity (Wildman–Crippen MR) is 115 cm³/mol. The number of hydrogen-bond donors (Lipinski definition) is 2. The van der Waals surface area contributed by atoms with Crippen LogP contribution >= 0.6 is 27.5 Å². The van der Waals surface area contributed by atoms with Crippen molar-refractivity contribution in [1.82, 2.24) is 4.98 Å². The van der Waals surface area contributed by atoms with Crippen molar-refractivity contribution in [2.45, 2.75) is 19.3 Å². The van der Waals surface area contributed by atoms with Crippen LogP contribution in [0.25, 0.3) is 10.9 Å². The number of halogens is 2. The molecular weight excluding hydrogens is 442 g/mol. The molecule has 0 saturated carbocycles. The number of carbonyl (C=O) groups is 1. The van der Waals surface area contributed by atoms with Gasteiger partial charge in [-0.2, -0.15) is 0 Å². The van der Waals surface area contributed by atoms with Gasteiger partial charge in [0.1, 0.15) is 12.4 Å². The average Bonchev–Trinajstić information content (AvgIpc) is 3.07. The number of aromatic amines is 1. The lowest BCUT2D eigenvalue weighted by atomic mass is 9.71. The monoisotopic (exact) mass is 459 g/mol. The molecule has 3 aromatic rings. The molecule has 0 atom stereocenters. The number of benzene rings is 2. The molecule has 1 aromatic heterocycles. The number of hydrogen-bond acceptors (Lipinski definition) is 3. The first kappa shape index (κ1) is 19.2. The summed E-state index contributed by atoms with van der Waals surface area (Å²) in [5.41, 5.74) is 3.95. The number of aliphatic hydroxyl groups excluding tert-OH is 1. The number of aliphatic hydroxyl groups is 1. The molecule has 0 bridgehead atoms. The highest BCUT2D eigenvalue weighted by molar-refractivity contribution is 9.10. The molecule has 2 aromatic carbocycles. The molecule has 1 aliphatic rings. The van der Waals surface area contributed by atoms with E-state index in [9.17, 15) is 4.79 Å². The van der Waals surface area contributed by atoms with Crippen LogP contribution in [0.4, 0.5) is 0 Å². The summed E-state index contributed by atoms with van der Waals surface area (Å²) >= 11 is 9.94. The van der Waals surface area contributed by atoms with Crippen molar-refractivity contribution in [2.24, 2.45) is 0 Å². The fourth-order valence-electron chi connectivity index (χ4n) is 3.76. The maximum atomic E-state index is 13.4. The van der Waals surface area contributed by atoms with Gasteiger partial charge in [0.25, 0.3) is 0 Å². The highest BCUT2D eigenvalue weighted by Crippen LogP contribution is 2.47. The number of fused-ring (bicyclic) bond motifs is 4. The lowest BCUT2D eigenvalue weighted by Gasteiger charge is -2.32. The molecule has 0 saturated heterocycles. The Morgan fingerprint density at radius 2 is 2.11 bits per heavy atom. The van der Waals surface area contributed by atoms with Crippen molar-refractivity contribution in [3.8, 4) is 5.75 Å². The molecule has 4 rings (SSSR count). The summed E-state index contributed by atoms with van der Waals surface area (Å²) in [6.45, 7) is 7.97. The summed E-state index contributed by atoms with van der Waals surface area (Å²) in [7, 11) is 0. The van der Waals surface area contributed by atoms with Crippen LogP contribution in [0.1, 0.15) is 41.0 Å². The third-order valence-corrected chi connectivity index (χ3v) is 6.21. The molecule has 0 spiro atoms. The van der Waals surface area contributed by atoms with Crippen LogP contribution in [0, 0.1) is 0 Å². The standard InChI is InChI=1S/C22H19BrClNO3/c1-11(9-26)10-28-17-8-13-12(7-14(17)23)20(27)19-18-15(24)5-4-6-16(18)25-21(19)22(13,2)3/h4-8,25-26H,1,9-10H2,2-3H3.